The van der Waals surface area contributed by atoms with E-state index in [-0.39, 0.29) is 18.3 Å². The van der Waals surface area contributed by atoms with E-state index in [1.165, 1.54) is 11.8 Å². The number of hydrogen-bond acceptors (Lipinski definition) is 7. The van der Waals surface area contributed by atoms with Gasteiger partial charge < -0.3 is 14.8 Å². The van der Waals surface area contributed by atoms with Gasteiger partial charge in [0, 0.05) is 18.3 Å². The molecule has 0 radical (unpaired) electrons. The third-order valence-corrected chi connectivity index (χ3v) is 6.26. The van der Waals surface area contributed by atoms with Gasteiger partial charge in [-0.15, -0.1) is 10.2 Å². The van der Waals surface area contributed by atoms with Gasteiger partial charge in [-0.1, -0.05) is 30.8 Å². The molecule has 0 aliphatic carbocycles. The first-order chi connectivity index (χ1) is 15.6. The van der Waals surface area contributed by atoms with Crippen molar-refractivity contribution in [3.8, 4) is 11.5 Å². The highest BCUT2D eigenvalue weighted by Gasteiger charge is 2.22. The van der Waals surface area contributed by atoms with E-state index in [1.54, 1.807) is 35.8 Å². The maximum absolute atomic E-state index is 12.9. The van der Waals surface area contributed by atoms with Crippen LogP contribution in [0, 0.1) is 0 Å². The molecule has 164 valence electrons. The summed E-state index contributed by atoms with van der Waals surface area (Å²) < 4.78 is 14.2. The second-order valence-electron chi connectivity index (χ2n) is 7.41. The molecule has 1 amide bonds. The molecule has 0 saturated heterocycles. The molecule has 0 fully saturated rings. The number of aromatic nitrogens is 4. The average molecular weight is 452 g/mol. The Kier molecular flexibility index (Phi) is 5.22. The minimum atomic E-state index is -0.460. The van der Waals surface area contributed by atoms with Gasteiger partial charge >= 0.3 is 0 Å². The van der Waals surface area contributed by atoms with Gasteiger partial charge in [0.15, 0.2) is 16.7 Å². The van der Waals surface area contributed by atoms with E-state index in [0.29, 0.717) is 40.1 Å². The predicted molar refractivity (Wildman–Crippen MR) is 122 cm³/mol. The van der Waals surface area contributed by atoms with Crippen LogP contribution in [0.25, 0.3) is 16.7 Å². The van der Waals surface area contributed by atoms with Crippen LogP contribution >= 0.6 is 11.8 Å². The zero-order valence-electron chi connectivity index (χ0n) is 17.6. The minimum Gasteiger partial charge on any atom is -0.454 e. The Hall–Kier alpha value is -3.53. The molecule has 2 aromatic carbocycles. The maximum atomic E-state index is 12.9. The van der Waals surface area contributed by atoms with Crippen LogP contribution in [0.3, 0.4) is 0 Å². The first-order valence-corrected chi connectivity index (χ1v) is 11.2. The Morgan fingerprint density at radius 1 is 1.19 bits per heavy atom. The quantitative estimate of drug-likeness (QED) is 0.449. The third-order valence-electron chi connectivity index (χ3n) is 5.22. The van der Waals surface area contributed by atoms with Crippen LogP contribution in [0.15, 0.2) is 52.4 Å². The lowest BCUT2D eigenvalue weighted by molar-refractivity contribution is -0.115. The largest absolute Gasteiger partial charge is 0.454 e. The lowest BCUT2D eigenvalue weighted by Gasteiger charge is -2.13. The van der Waals surface area contributed by atoms with E-state index in [1.807, 2.05) is 29.5 Å². The second kappa shape index (κ2) is 8.19. The molecule has 5 rings (SSSR count). The van der Waals surface area contributed by atoms with E-state index in [4.69, 9.17) is 9.47 Å². The molecular weight excluding hydrogens is 430 g/mol. The first-order valence-electron chi connectivity index (χ1n) is 10.3. The smallest absolute Gasteiger partial charge is 0.262 e. The van der Waals surface area contributed by atoms with Crippen molar-refractivity contribution < 1.29 is 14.3 Å². The molecule has 1 unspecified atom stereocenters. The van der Waals surface area contributed by atoms with Crippen LogP contribution in [0.1, 0.15) is 20.3 Å². The number of nitrogens with one attached hydrogen (secondary N) is 1. The number of aryl methyl sites for hydroxylation is 1. The number of fused-ring (bicyclic) bond motifs is 4. The zero-order chi connectivity index (χ0) is 22.2. The number of para-hydroxylation sites is 1. The number of carbonyl (C=O) groups is 1. The Morgan fingerprint density at radius 3 is 2.84 bits per heavy atom. The van der Waals surface area contributed by atoms with Crippen molar-refractivity contribution in [2.75, 3.05) is 12.1 Å². The van der Waals surface area contributed by atoms with Gasteiger partial charge in [0.2, 0.25) is 18.5 Å². The molecule has 0 saturated carbocycles. The van der Waals surface area contributed by atoms with Gasteiger partial charge in [-0.3, -0.25) is 18.6 Å². The normalized spacial score (nSPS) is 13.6. The summed E-state index contributed by atoms with van der Waals surface area (Å²) in [5.74, 6) is 1.55. The van der Waals surface area contributed by atoms with Gasteiger partial charge in [0.25, 0.3) is 5.56 Å². The number of rotatable bonds is 6. The Balaban J connectivity index is 1.46. The topological polar surface area (TPSA) is 99.8 Å². The van der Waals surface area contributed by atoms with Gasteiger partial charge in [0.1, 0.15) is 0 Å². The molecule has 10 heteroatoms. The van der Waals surface area contributed by atoms with Crippen LogP contribution < -0.4 is 20.3 Å². The molecule has 0 bridgehead atoms. The molecule has 2 aromatic heterocycles. The monoisotopic (exact) mass is 451 g/mol. The maximum Gasteiger partial charge on any atom is 0.262 e. The number of hydrogen-bond donors (Lipinski definition) is 1. The molecule has 1 atom stereocenters. The summed E-state index contributed by atoms with van der Waals surface area (Å²) in [6, 6.07) is 12.6. The fourth-order valence-corrected chi connectivity index (χ4v) is 4.52. The lowest BCUT2D eigenvalue weighted by atomic mass is 10.2. The highest BCUT2D eigenvalue weighted by Crippen LogP contribution is 2.34. The Bertz CT molecular complexity index is 1400. The van der Waals surface area contributed by atoms with Crippen LogP contribution in [0.2, 0.25) is 0 Å². The van der Waals surface area contributed by atoms with Crippen molar-refractivity contribution >= 4 is 40.0 Å². The van der Waals surface area contributed by atoms with E-state index in [9.17, 15) is 9.59 Å². The third kappa shape index (κ3) is 3.46. The lowest BCUT2D eigenvalue weighted by Crippen LogP contribution is -2.24. The molecular formula is C22H21N5O4S. The number of thioether (sulfide) groups is 1. The summed E-state index contributed by atoms with van der Waals surface area (Å²) in [7, 11) is 0. The molecule has 1 N–H and O–H groups in total. The van der Waals surface area contributed by atoms with Crippen molar-refractivity contribution in [2.24, 2.45) is 0 Å². The molecule has 4 aromatic rings. The molecule has 9 nitrogen and oxygen atoms in total. The number of anilines is 1. The second-order valence-corrected chi connectivity index (χ2v) is 8.72. The summed E-state index contributed by atoms with van der Waals surface area (Å²) in [6.07, 6.45) is 0.789. The highest BCUT2D eigenvalue weighted by molar-refractivity contribution is 8.00. The van der Waals surface area contributed by atoms with Crippen molar-refractivity contribution in [3.05, 3.63) is 52.8 Å². The average Bonchev–Trinajstić information content (AvgIpc) is 3.43. The standard InChI is InChI=1S/C22H21N5O4S/c1-3-10-26-20(29)15-6-4-5-7-16(15)27-21(26)24-25-22(27)32-13(2)19(28)23-14-8-9-17-18(11-14)31-12-30-17/h4-9,11,13H,3,10,12H2,1-2H3,(H,23,28). The Morgan fingerprint density at radius 2 is 2.00 bits per heavy atom. The molecule has 32 heavy (non-hydrogen) atoms. The number of ether oxygens (including phenoxy) is 2. The number of nitrogens with zero attached hydrogens (tertiary/aromatic N) is 4. The van der Waals surface area contributed by atoms with Crippen molar-refractivity contribution in [3.63, 3.8) is 0 Å². The van der Waals surface area contributed by atoms with Gasteiger partial charge in [-0.05, 0) is 37.6 Å². The van der Waals surface area contributed by atoms with Crippen molar-refractivity contribution in [1.29, 1.82) is 0 Å². The first kappa shape index (κ1) is 20.4. The minimum absolute atomic E-state index is 0.0903. The predicted octanol–water partition coefficient (Wildman–Crippen LogP) is 3.30. The van der Waals surface area contributed by atoms with E-state index < -0.39 is 5.25 Å². The molecule has 0 spiro atoms. The summed E-state index contributed by atoms with van der Waals surface area (Å²) >= 11 is 1.29. The van der Waals surface area contributed by atoms with E-state index >= 15 is 0 Å². The van der Waals surface area contributed by atoms with E-state index in [2.05, 4.69) is 15.5 Å². The Labute approximate surface area is 187 Å². The van der Waals surface area contributed by atoms with Gasteiger partial charge in [-0.2, -0.15) is 0 Å². The zero-order valence-corrected chi connectivity index (χ0v) is 18.4. The summed E-state index contributed by atoms with van der Waals surface area (Å²) in [5.41, 5.74) is 1.25. The van der Waals surface area contributed by atoms with Crippen molar-refractivity contribution in [2.45, 2.75) is 37.2 Å². The van der Waals surface area contributed by atoms with E-state index in [0.717, 1.165) is 11.9 Å². The fourth-order valence-electron chi connectivity index (χ4n) is 3.66. The molecule has 1 aliphatic heterocycles. The number of benzene rings is 2. The molecule has 3 heterocycles. The van der Waals surface area contributed by atoms with Gasteiger partial charge in [-0.25, -0.2) is 0 Å². The van der Waals surface area contributed by atoms with Crippen molar-refractivity contribution in [1.82, 2.24) is 19.2 Å². The van der Waals surface area contributed by atoms with Crippen LogP contribution in [0.5, 0.6) is 11.5 Å². The van der Waals surface area contributed by atoms with Crippen LogP contribution in [0.4, 0.5) is 5.69 Å². The van der Waals surface area contributed by atoms with Crippen LogP contribution in [-0.2, 0) is 11.3 Å². The highest BCUT2D eigenvalue weighted by atomic mass is 32.2. The number of amides is 1. The summed E-state index contributed by atoms with van der Waals surface area (Å²) in [5, 5.41) is 12.2. The SMILES string of the molecule is CCCn1c(=O)c2ccccc2n2c(SC(C)C(=O)Nc3ccc4c(c3)OCO4)nnc12. The molecule has 1 aliphatic rings. The summed E-state index contributed by atoms with van der Waals surface area (Å²) in [6.45, 7) is 4.52. The fraction of sp³-hybridized carbons (Fsp3) is 0.273. The van der Waals surface area contributed by atoms with Crippen LogP contribution in [-0.4, -0.2) is 37.1 Å². The van der Waals surface area contributed by atoms with Gasteiger partial charge in [0.05, 0.1) is 16.2 Å². The summed E-state index contributed by atoms with van der Waals surface area (Å²) in [4.78, 5) is 25.8. The number of carbonyl (C=O) groups excluding carboxylic acids is 1.